The molecular formula is C26H30N2O3. The summed E-state index contributed by atoms with van der Waals surface area (Å²) in [4.78, 5) is 27.7. The molecule has 0 saturated carbocycles. The van der Waals surface area contributed by atoms with E-state index in [1.54, 1.807) is 18.5 Å². The number of rotatable bonds is 12. The van der Waals surface area contributed by atoms with E-state index >= 15 is 0 Å². The standard InChI is InChI=1S/C26H30N2O3/c1-31-26(30)18-22-20-28(25-13-7-6-12-24(22)25)17-8-4-2-3-5-11-23(29)15-14-21-10-9-16-27-19-21/h6-7,9-10,12-16,19-20H,2-5,8,11,17-18H2,1H3/b15-14+. The van der Waals surface area contributed by atoms with Crippen LogP contribution in [-0.4, -0.2) is 28.4 Å². The fourth-order valence-electron chi connectivity index (χ4n) is 3.74. The zero-order valence-corrected chi connectivity index (χ0v) is 18.1. The predicted octanol–water partition coefficient (Wildman–Crippen LogP) is 5.37. The Balaban J connectivity index is 1.37. The summed E-state index contributed by atoms with van der Waals surface area (Å²) in [5.74, 6) is -0.0477. The summed E-state index contributed by atoms with van der Waals surface area (Å²) in [6.07, 6.45) is 15.2. The molecule has 2 heterocycles. The molecule has 0 aliphatic carbocycles. The van der Waals surface area contributed by atoms with Gasteiger partial charge in [0.2, 0.25) is 0 Å². The van der Waals surface area contributed by atoms with Crippen molar-refractivity contribution in [3.05, 3.63) is 72.2 Å². The Morgan fingerprint density at radius 2 is 1.84 bits per heavy atom. The number of hydrogen-bond donors (Lipinski definition) is 0. The first-order valence-corrected chi connectivity index (χ1v) is 10.9. The minimum atomic E-state index is -0.215. The highest BCUT2D eigenvalue weighted by molar-refractivity contribution is 5.93. The third-order valence-electron chi connectivity index (χ3n) is 5.40. The molecule has 5 heteroatoms. The summed E-state index contributed by atoms with van der Waals surface area (Å²) in [6, 6.07) is 12.0. The Hall–Kier alpha value is -3.21. The Bertz CT molecular complexity index is 1020. The Labute approximate surface area is 183 Å². The number of esters is 1. The zero-order valence-electron chi connectivity index (χ0n) is 18.1. The molecule has 1 aromatic carbocycles. The lowest BCUT2D eigenvalue weighted by Gasteiger charge is -2.05. The van der Waals surface area contributed by atoms with E-state index in [-0.39, 0.29) is 11.8 Å². The number of nitrogens with zero attached hydrogens (tertiary/aromatic N) is 2. The van der Waals surface area contributed by atoms with E-state index in [0.29, 0.717) is 12.8 Å². The molecule has 0 aliphatic rings. The lowest BCUT2D eigenvalue weighted by Crippen LogP contribution is -2.04. The van der Waals surface area contributed by atoms with Crippen LogP contribution in [-0.2, 0) is 27.3 Å². The quantitative estimate of drug-likeness (QED) is 0.225. The lowest BCUT2D eigenvalue weighted by molar-refractivity contribution is -0.139. The van der Waals surface area contributed by atoms with Crippen LogP contribution in [0.4, 0.5) is 0 Å². The summed E-state index contributed by atoms with van der Waals surface area (Å²) >= 11 is 0. The fraction of sp³-hybridized carbons (Fsp3) is 0.346. The number of carbonyl (C=O) groups is 2. The number of benzene rings is 1. The summed E-state index contributed by atoms with van der Waals surface area (Å²) in [5, 5.41) is 1.12. The summed E-state index contributed by atoms with van der Waals surface area (Å²) in [6.45, 7) is 0.925. The van der Waals surface area contributed by atoms with Crippen LogP contribution < -0.4 is 0 Å². The highest BCUT2D eigenvalue weighted by atomic mass is 16.5. The summed E-state index contributed by atoms with van der Waals surface area (Å²) in [7, 11) is 1.42. The largest absolute Gasteiger partial charge is 0.469 e. The molecule has 0 saturated heterocycles. The number of methoxy groups -OCH3 is 1. The number of para-hydroxylation sites is 1. The van der Waals surface area contributed by atoms with Crippen molar-refractivity contribution in [3.8, 4) is 0 Å². The maximum absolute atomic E-state index is 12.0. The fourth-order valence-corrected chi connectivity index (χ4v) is 3.74. The number of carbonyl (C=O) groups excluding carboxylic acids is 2. The van der Waals surface area contributed by atoms with Gasteiger partial charge < -0.3 is 9.30 Å². The predicted molar refractivity (Wildman–Crippen MR) is 124 cm³/mol. The van der Waals surface area contributed by atoms with E-state index in [1.165, 1.54) is 7.11 Å². The van der Waals surface area contributed by atoms with E-state index < -0.39 is 0 Å². The van der Waals surface area contributed by atoms with Gasteiger partial charge in [0.05, 0.1) is 13.5 Å². The molecule has 0 bridgehead atoms. The van der Waals surface area contributed by atoms with E-state index in [4.69, 9.17) is 4.74 Å². The van der Waals surface area contributed by atoms with Crippen LogP contribution in [0.2, 0.25) is 0 Å². The van der Waals surface area contributed by atoms with Crippen molar-refractivity contribution in [1.29, 1.82) is 0 Å². The Morgan fingerprint density at radius 3 is 2.65 bits per heavy atom. The van der Waals surface area contributed by atoms with Crippen molar-refractivity contribution in [2.45, 2.75) is 51.5 Å². The van der Waals surface area contributed by atoms with Gasteiger partial charge >= 0.3 is 5.97 Å². The van der Waals surface area contributed by atoms with Gasteiger partial charge in [-0.1, -0.05) is 43.5 Å². The third-order valence-corrected chi connectivity index (χ3v) is 5.40. The molecule has 0 radical (unpaired) electrons. The number of allylic oxidation sites excluding steroid dienone is 1. The SMILES string of the molecule is COC(=O)Cc1cn(CCCCCCCC(=O)/C=C/c2cccnc2)c2ccccc12. The number of ketones is 1. The van der Waals surface area contributed by atoms with Crippen molar-refractivity contribution in [3.63, 3.8) is 0 Å². The zero-order chi connectivity index (χ0) is 21.9. The normalized spacial score (nSPS) is 11.3. The number of aromatic nitrogens is 2. The van der Waals surface area contributed by atoms with E-state index in [2.05, 4.69) is 27.9 Å². The van der Waals surface area contributed by atoms with Crippen LogP contribution in [0.1, 0.15) is 49.7 Å². The Morgan fingerprint density at radius 1 is 1.03 bits per heavy atom. The van der Waals surface area contributed by atoms with Crippen molar-refractivity contribution in [2.24, 2.45) is 0 Å². The van der Waals surface area contributed by atoms with Crippen LogP contribution in [0, 0.1) is 0 Å². The van der Waals surface area contributed by atoms with Crippen LogP contribution in [0.5, 0.6) is 0 Å². The molecule has 2 aromatic heterocycles. The number of fused-ring (bicyclic) bond motifs is 1. The molecular weight excluding hydrogens is 388 g/mol. The molecule has 31 heavy (non-hydrogen) atoms. The monoisotopic (exact) mass is 418 g/mol. The molecule has 3 rings (SSSR count). The molecule has 0 atom stereocenters. The first-order valence-electron chi connectivity index (χ1n) is 10.9. The molecule has 0 amide bonds. The molecule has 0 spiro atoms. The van der Waals surface area contributed by atoms with Crippen molar-refractivity contribution in [2.75, 3.05) is 7.11 Å². The molecule has 0 aliphatic heterocycles. The van der Waals surface area contributed by atoms with Crippen LogP contribution in [0.25, 0.3) is 17.0 Å². The molecule has 0 N–H and O–H groups in total. The molecule has 5 nitrogen and oxygen atoms in total. The number of unbranched alkanes of at least 4 members (excludes halogenated alkanes) is 4. The van der Waals surface area contributed by atoms with E-state index in [9.17, 15) is 9.59 Å². The van der Waals surface area contributed by atoms with Gasteiger partial charge in [-0.25, -0.2) is 0 Å². The second kappa shape index (κ2) is 11.8. The number of pyridine rings is 1. The van der Waals surface area contributed by atoms with Crippen molar-refractivity contribution in [1.82, 2.24) is 9.55 Å². The van der Waals surface area contributed by atoms with Gasteiger partial charge in [0.25, 0.3) is 0 Å². The molecule has 162 valence electrons. The van der Waals surface area contributed by atoms with Crippen molar-refractivity contribution < 1.29 is 14.3 Å². The van der Waals surface area contributed by atoms with Gasteiger partial charge in [-0.15, -0.1) is 0 Å². The highest BCUT2D eigenvalue weighted by Crippen LogP contribution is 2.23. The Kier molecular flexibility index (Phi) is 8.59. The summed E-state index contributed by atoms with van der Waals surface area (Å²) < 4.78 is 7.06. The second-order valence-corrected chi connectivity index (χ2v) is 7.72. The minimum Gasteiger partial charge on any atom is -0.469 e. The van der Waals surface area contributed by atoms with Gasteiger partial charge in [0, 0.05) is 42.5 Å². The third kappa shape index (κ3) is 6.92. The van der Waals surface area contributed by atoms with Crippen LogP contribution >= 0.6 is 0 Å². The summed E-state index contributed by atoms with van der Waals surface area (Å²) in [5.41, 5.74) is 3.12. The van der Waals surface area contributed by atoms with E-state index in [0.717, 1.165) is 60.7 Å². The second-order valence-electron chi connectivity index (χ2n) is 7.72. The molecule has 0 fully saturated rings. The topological polar surface area (TPSA) is 61.2 Å². The van der Waals surface area contributed by atoms with Crippen LogP contribution in [0.3, 0.4) is 0 Å². The number of hydrogen-bond acceptors (Lipinski definition) is 4. The van der Waals surface area contributed by atoms with Gasteiger partial charge in [0.1, 0.15) is 0 Å². The van der Waals surface area contributed by atoms with Crippen LogP contribution in [0.15, 0.2) is 61.1 Å². The minimum absolute atomic E-state index is 0.167. The maximum Gasteiger partial charge on any atom is 0.310 e. The highest BCUT2D eigenvalue weighted by Gasteiger charge is 2.11. The average molecular weight is 419 g/mol. The lowest BCUT2D eigenvalue weighted by atomic mass is 10.1. The van der Waals surface area contributed by atoms with Crippen molar-refractivity contribution >= 4 is 28.7 Å². The molecule has 3 aromatic rings. The smallest absolute Gasteiger partial charge is 0.310 e. The maximum atomic E-state index is 12.0. The number of ether oxygens (including phenoxy) is 1. The first kappa shape index (κ1) is 22.5. The van der Waals surface area contributed by atoms with Gasteiger partial charge in [0.15, 0.2) is 5.78 Å². The number of aryl methyl sites for hydroxylation is 1. The average Bonchev–Trinajstić information content (AvgIpc) is 3.15. The van der Waals surface area contributed by atoms with E-state index in [1.807, 2.05) is 30.3 Å². The van der Waals surface area contributed by atoms with Gasteiger partial charge in [-0.2, -0.15) is 0 Å². The van der Waals surface area contributed by atoms with Gasteiger partial charge in [-0.3, -0.25) is 14.6 Å². The van der Waals surface area contributed by atoms with Gasteiger partial charge in [-0.05, 0) is 48.3 Å². The molecule has 0 unspecified atom stereocenters. The first-order chi connectivity index (χ1) is 15.2.